The van der Waals surface area contributed by atoms with Crippen LogP contribution in [0.5, 0.6) is 0 Å². The maximum absolute atomic E-state index is 7.35. The van der Waals surface area contributed by atoms with Gasteiger partial charge in [-0.2, -0.15) is 0 Å². The van der Waals surface area contributed by atoms with Crippen LogP contribution in [0.3, 0.4) is 0 Å². The summed E-state index contributed by atoms with van der Waals surface area (Å²) in [5.41, 5.74) is 9.30. The number of benzene rings is 1. The number of nitrogens with one attached hydrogen (secondary N) is 1. The molecule has 0 fully saturated rings. The van der Waals surface area contributed by atoms with Gasteiger partial charge in [0.2, 0.25) is 0 Å². The quantitative estimate of drug-likeness (QED) is 0.512. The van der Waals surface area contributed by atoms with Crippen molar-refractivity contribution in [3.05, 3.63) is 46.8 Å². The van der Waals surface area contributed by atoms with Crippen LogP contribution in [0.15, 0.2) is 34.3 Å². The molecule has 1 aromatic heterocycles. The number of aryl methyl sites for hydroxylation is 2. The van der Waals surface area contributed by atoms with Gasteiger partial charge < -0.3 is 5.73 Å². The lowest BCUT2D eigenvalue weighted by molar-refractivity contribution is 0.881. The number of nitrogens with two attached hydrogens (primary N) is 1. The first kappa shape index (κ1) is 13.5. The van der Waals surface area contributed by atoms with E-state index in [0.29, 0.717) is 0 Å². The van der Waals surface area contributed by atoms with E-state index >= 15 is 0 Å². The zero-order valence-corrected chi connectivity index (χ0v) is 12.0. The van der Waals surface area contributed by atoms with Gasteiger partial charge in [0, 0.05) is 21.8 Å². The molecular weight excluding hydrogens is 256 g/mol. The molecule has 0 unspecified atom stereocenters. The lowest BCUT2D eigenvalue weighted by Gasteiger charge is -2.07. The Bertz CT molecular complexity index is 597. The summed E-state index contributed by atoms with van der Waals surface area (Å²) in [5.74, 6) is 0.0785. The molecule has 0 saturated heterocycles. The van der Waals surface area contributed by atoms with Crippen molar-refractivity contribution in [3.8, 4) is 0 Å². The van der Waals surface area contributed by atoms with Crippen molar-refractivity contribution < 1.29 is 0 Å². The van der Waals surface area contributed by atoms with Crippen LogP contribution in [0.2, 0.25) is 0 Å². The summed E-state index contributed by atoms with van der Waals surface area (Å²) in [6.45, 7) is 6.01. The Kier molecular flexibility index (Phi) is 3.85. The van der Waals surface area contributed by atoms with Gasteiger partial charge in [0.25, 0.3) is 0 Å². The molecule has 2 aromatic rings. The second-order valence-corrected chi connectivity index (χ2v) is 5.38. The van der Waals surface area contributed by atoms with E-state index in [1.165, 1.54) is 11.8 Å². The number of nitrogen functional groups attached to an aromatic ring is 1. The Hall–Kier alpha value is -1.88. The molecule has 98 valence electrons. The summed E-state index contributed by atoms with van der Waals surface area (Å²) in [4.78, 5) is 9.98. The summed E-state index contributed by atoms with van der Waals surface area (Å²) >= 11 is 1.51. The molecular formula is C14H16N4S. The minimum absolute atomic E-state index is 0.0785. The summed E-state index contributed by atoms with van der Waals surface area (Å²) in [6, 6.07) is 7.52. The average molecular weight is 272 g/mol. The second-order valence-electron chi connectivity index (χ2n) is 4.34. The van der Waals surface area contributed by atoms with E-state index in [1.54, 1.807) is 0 Å². The summed E-state index contributed by atoms with van der Waals surface area (Å²) < 4.78 is 0. The molecule has 0 aliphatic carbocycles. The van der Waals surface area contributed by atoms with E-state index in [4.69, 9.17) is 11.1 Å². The van der Waals surface area contributed by atoms with Gasteiger partial charge >= 0.3 is 0 Å². The third kappa shape index (κ3) is 3.12. The van der Waals surface area contributed by atoms with Crippen LogP contribution in [-0.2, 0) is 0 Å². The second kappa shape index (κ2) is 5.40. The molecule has 1 heterocycles. The Morgan fingerprint density at radius 2 is 1.58 bits per heavy atom. The summed E-state index contributed by atoms with van der Waals surface area (Å²) in [6.07, 6.45) is 0. The predicted molar refractivity (Wildman–Crippen MR) is 77.8 cm³/mol. The normalized spacial score (nSPS) is 10.5. The van der Waals surface area contributed by atoms with Crippen LogP contribution >= 0.6 is 11.8 Å². The fourth-order valence-electron chi connectivity index (χ4n) is 1.60. The largest absolute Gasteiger partial charge is 0.384 e. The molecule has 0 radical (unpaired) electrons. The van der Waals surface area contributed by atoms with Crippen molar-refractivity contribution in [2.75, 3.05) is 0 Å². The van der Waals surface area contributed by atoms with Crippen LogP contribution in [-0.4, -0.2) is 15.8 Å². The molecule has 0 saturated carbocycles. The van der Waals surface area contributed by atoms with E-state index in [0.717, 1.165) is 32.6 Å². The number of nitrogens with zero attached hydrogens (tertiary/aromatic N) is 2. The maximum atomic E-state index is 7.35. The Morgan fingerprint density at radius 3 is 2.05 bits per heavy atom. The number of aromatic nitrogens is 2. The van der Waals surface area contributed by atoms with Gasteiger partial charge in [0.05, 0.1) is 0 Å². The van der Waals surface area contributed by atoms with Crippen LogP contribution < -0.4 is 5.73 Å². The third-order valence-electron chi connectivity index (χ3n) is 2.99. The summed E-state index contributed by atoms with van der Waals surface area (Å²) in [7, 11) is 0. The Labute approximate surface area is 117 Å². The Morgan fingerprint density at radius 1 is 1.05 bits per heavy atom. The third-order valence-corrected chi connectivity index (χ3v) is 3.86. The van der Waals surface area contributed by atoms with Crippen LogP contribution in [0.1, 0.15) is 22.5 Å². The molecule has 0 spiro atoms. The first-order chi connectivity index (χ1) is 8.97. The van der Waals surface area contributed by atoms with E-state index < -0.39 is 0 Å². The SMILES string of the molecule is Cc1nc(Sc2ccc(C(=N)N)cc2)nc(C)c1C. The van der Waals surface area contributed by atoms with Crippen molar-refractivity contribution in [1.29, 1.82) is 5.41 Å². The Balaban J connectivity index is 2.24. The molecule has 0 aliphatic heterocycles. The molecule has 0 amide bonds. The van der Waals surface area contributed by atoms with Crippen LogP contribution in [0, 0.1) is 26.2 Å². The van der Waals surface area contributed by atoms with Gasteiger partial charge in [-0.1, -0.05) is 12.1 Å². The first-order valence-corrected chi connectivity index (χ1v) is 6.73. The standard InChI is InChI=1S/C14H16N4S/c1-8-9(2)17-14(18-10(8)3)19-12-6-4-11(5-7-12)13(15)16/h4-7H,1-3H3,(H3,15,16). The van der Waals surface area contributed by atoms with Crippen molar-refractivity contribution in [1.82, 2.24) is 9.97 Å². The average Bonchev–Trinajstić information content (AvgIpc) is 2.36. The number of rotatable bonds is 3. The maximum Gasteiger partial charge on any atom is 0.192 e. The van der Waals surface area contributed by atoms with Crippen LogP contribution in [0.4, 0.5) is 0 Å². The van der Waals surface area contributed by atoms with Gasteiger partial charge in [0.15, 0.2) is 5.16 Å². The number of hydrogen-bond acceptors (Lipinski definition) is 4. The highest BCUT2D eigenvalue weighted by Gasteiger charge is 2.06. The molecule has 0 aliphatic rings. The van der Waals surface area contributed by atoms with Gasteiger partial charge in [-0.25, -0.2) is 9.97 Å². The topological polar surface area (TPSA) is 75.7 Å². The van der Waals surface area contributed by atoms with Crippen LogP contribution in [0.25, 0.3) is 0 Å². The van der Waals surface area contributed by atoms with Gasteiger partial charge in [-0.05, 0) is 50.2 Å². The molecule has 0 bridgehead atoms. The fourth-order valence-corrected chi connectivity index (χ4v) is 2.44. The van der Waals surface area contributed by atoms with Gasteiger partial charge in [0.1, 0.15) is 5.84 Å². The summed E-state index contributed by atoms with van der Waals surface area (Å²) in [5, 5.41) is 8.10. The van der Waals surface area contributed by atoms with Crippen molar-refractivity contribution in [2.24, 2.45) is 5.73 Å². The lowest BCUT2D eigenvalue weighted by atomic mass is 10.2. The smallest absolute Gasteiger partial charge is 0.192 e. The zero-order chi connectivity index (χ0) is 14.0. The molecule has 2 rings (SSSR count). The highest BCUT2D eigenvalue weighted by molar-refractivity contribution is 7.99. The van der Waals surface area contributed by atoms with Crippen molar-refractivity contribution in [3.63, 3.8) is 0 Å². The minimum Gasteiger partial charge on any atom is -0.384 e. The molecule has 19 heavy (non-hydrogen) atoms. The van der Waals surface area contributed by atoms with Gasteiger partial charge in [-0.15, -0.1) is 0 Å². The monoisotopic (exact) mass is 272 g/mol. The molecule has 1 aromatic carbocycles. The number of hydrogen-bond donors (Lipinski definition) is 2. The molecule has 0 atom stereocenters. The van der Waals surface area contributed by atoms with Crippen molar-refractivity contribution in [2.45, 2.75) is 30.8 Å². The van der Waals surface area contributed by atoms with E-state index in [2.05, 4.69) is 9.97 Å². The molecule has 5 heteroatoms. The fraction of sp³-hybridized carbons (Fsp3) is 0.214. The molecule has 4 nitrogen and oxygen atoms in total. The van der Waals surface area contributed by atoms with Crippen molar-refractivity contribution >= 4 is 17.6 Å². The van der Waals surface area contributed by atoms with E-state index in [1.807, 2.05) is 45.0 Å². The highest BCUT2D eigenvalue weighted by Crippen LogP contribution is 2.26. The number of amidine groups is 1. The minimum atomic E-state index is 0.0785. The zero-order valence-electron chi connectivity index (χ0n) is 11.2. The highest BCUT2D eigenvalue weighted by atomic mass is 32.2. The lowest BCUT2D eigenvalue weighted by Crippen LogP contribution is -2.10. The first-order valence-electron chi connectivity index (χ1n) is 5.91. The molecule has 3 N–H and O–H groups in total. The van der Waals surface area contributed by atoms with E-state index in [9.17, 15) is 0 Å². The predicted octanol–water partition coefficient (Wildman–Crippen LogP) is 2.84. The van der Waals surface area contributed by atoms with E-state index in [-0.39, 0.29) is 5.84 Å². The van der Waals surface area contributed by atoms with Gasteiger partial charge in [-0.3, -0.25) is 5.41 Å².